The van der Waals surface area contributed by atoms with Gasteiger partial charge in [0.2, 0.25) is 0 Å². The Morgan fingerprint density at radius 1 is 1.19 bits per heavy atom. The molecule has 3 rings (SSSR count). The molecule has 1 atom stereocenters. The van der Waals surface area contributed by atoms with Crippen LogP contribution in [0.15, 0.2) is 36.7 Å². The largest absolute Gasteiger partial charge is 0.486 e. The SMILES string of the molecule is CN(C)c1cc(CC[C@@H]2COc3ccccc3O2)ncn1. The van der Waals surface area contributed by atoms with Crippen LogP contribution in [0.25, 0.3) is 0 Å². The van der Waals surface area contributed by atoms with Crippen molar-refractivity contribution in [1.29, 1.82) is 0 Å². The minimum atomic E-state index is 0.0673. The van der Waals surface area contributed by atoms with Gasteiger partial charge < -0.3 is 14.4 Å². The van der Waals surface area contributed by atoms with Gasteiger partial charge in [0.25, 0.3) is 0 Å². The minimum absolute atomic E-state index is 0.0673. The Labute approximate surface area is 124 Å². The molecule has 1 aromatic carbocycles. The van der Waals surface area contributed by atoms with Crippen LogP contribution in [0.1, 0.15) is 12.1 Å². The topological polar surface area (TPSA) is 47.5 Å². The zero-order chi connectivity index (χ0) is 14.7. The Hall–Kier alpha value is -2.30. The maximum absolute atomic E-state index is 5.95. The van der Waals surface area contributed by atoms with Gasteiger partial charge in [-0.05, 0) is 25.0 Å². The second-order valence-electron chi connectivity index (χ2n) is 5.30. The molecule has 5 heteroatoms. The van der Waals surface area contributed by atoms with Crippen LogP contribution in [-0.2, 0) is 6.42 Å². The molecule has 2 aromatic rings. The van der Waals surface area contributed by atoms with E-state index < -0.39 is 0 Å². The van der Waals surface area contributed by atoms with Gasteiger partial charge in [-0.3, -0.25) is 0 Å². The van der Waals surface area contributed by atoms with Gasteiger partial charge in [0, 0.05) is 25.9 Å². The number of aryl methyl sites for hydroxylation is 1. The third-order valence-corrected chi connectivity index (χ3v) is 3.46. The summed E-state index contributed by atoms with van der Waals surface area (Å²) in [5.74, 6) is 2.57. The lowest BCUT2D eigenvalue weighted by molar-refractivity contribution is 0.0849. The average Bonchev–Trinajstić information content (AvgIpc) is 2.53. The molecule has 0 unspecified atom stereocenters. The van der Waals surface area contributed by atoms with Gasteiger partial charge in [-0.25, -0.2) is 9.97 Å². The lowest BCUT2D eigenvalue weighted by Crippen LogP contribution is -2.29. The zero-order valence-electron chi connectivity index (χ0n) is 12.3. The molecule has 0 amide bonds. The summed E-state index contributed by atoms with van der Waals surface area (Å²) >= 11 is 0. The Balaban J connectivity index is 1.60. The number of hydrogen-bond acceptors (Lipinski definition) is 5. The molecule has 2 heterocycles. The summed E-state index contributed by atoms with van der Waals surface area (Å²) in [5.41, 5.74) is 1.02. The predicted molar refractivity (Wildman–Crippen MR) is 81.0 cm³/mol. The van der Waals surface area contributed by atoms with Crippen molar-refractivity contribution in [3.8, 4) is 11.5 Å². The van der Waals surface area contributed by atoms with Crippen LogP contribution in [-0.4, -0.2) is 36.8 Å². The molecule has 0 bridgehead atoms. The second kappa shape index (κ2) is 5.99. The van der Waals surface area contributed by atoms with Crippen LogP contribution in [0.3, 0.4) is 0 Å². The third kappa shape index (κ3) is 3.24. The Bertz CT molecular complexity index is 616. The number of rotatable bonds is 4. The normalized spacial score (nSPS) is 16.6. The number of anilines is 1. The number of aromatic nitrogens is 2. The predicted octanol–water partition coefficient (Wildman–Crippen LogP) is 2.32. The van der Waals surface area contributed by atoms with Crippen LogP contribution in [0, 0.1) is 0 Å². The van der Waals surface area contributed by atoms with E-state index in [2.05, 4.69) is 9.97 Å². The highest BCUT2D eigenvalue weighted by atomic mass is 16.6. The van der Waals surface area contributed by atoms with Gasteiger partial charge in [0.1, 0.15) is 24.9 Å². The summed E-state index contributed by atoms with van der Waals surface area (Å²) < 4.78 is 11.7. The third-order valence-electron chi connectivity index (χ3n) is 3.46. The summed E-state index contributed by atoms with van der Waals surface area (Å²) in [5, 5.41) is 0. The monoisotopic (exact) mass is 285 g/mol. The molecule has 0 spiro atoms. The molecule has 0 fully saturated rings. The van der Waals surface area contributed by atoms with E-state index in [0.29, 0.717) is 6.61 Å². The highest BCUT2D eigenvalue weighted by Crippen LogP contribution is 2.31. The zero-order valence-corrected chi connectivity index (χ0v) is 12.3. The molecule has 1 aliphatic heterocycles. The molecular formula is C16H19N3O2. The molecule has 0 N–H and O–H groups in total. The first-order chi connectivity index (χ1) is 10.2. The van der Waals surface area contributed by atoms with E-state index in [9.17, 15) is 0 Å². The molecular weight excluding hydrogens is 266 g/mol. The van der Waals surface area contributed by atoms with Gasteiger partial charge in [0.15, 0.2) is 11.5 Å². The average molecular weight is 285 g/mol. The fourth-order valence-electron chi connectivity index (χ4n) is 2.28. The van der Waals surface area contributed by atoms with Crippen molar-refractivity contribution in [2.45, 2.75) is 18.9 Å². The van der Waals surface area contributed by atoms with Crippen molar-refractivity contribution in [3.05, 3.63) is 42.4 Å². The van der Waals surface area contributed by atoms with Gasteiger partial charge in [-0.2, -0.15) is 0 Å². The van der Waals surface area contributed by atoms with Crippen LogP contribution in [0.5, 0.6) is 11.5 Å². The second-order valence-corrected chi connectivity index (χ2v) is 5.30. The van der Waals surface area contributed by atoms with Gasteiger partial charge in [0.05, 0.1) is 0 Å². The Morgan fingerprint density at radius 3 is 2.81 bits per heavy atom. The maximum atomic E-state index is 5.95. The van der Waals surface area contributed by atoms with Gasteiger partial charge in [-0.1, -0.05) is 12.1 Å². The number of benzene rings is 1. The molecule has 0 saturated carbocycles. The molecule has 21 heavy (non-hydrogen) atoms. The first-order valence-corrected chi connectivity index (χ1v) is 7.09. The fraction of sp³-hybridized carbons (Fsp3) is 0.375. The van der Waals surface area contributed by atoms with Crippen LogP contribution in [0.2, 0.25) is 0 Å². The van der Waals surface area contributed by atoms with Crippen LogP contribution < -0.4 is 14.4 Å². The lowest BCUT2D eigenvalue weighted by atomic mass is 10.1. The molecule has 1 aliphatic rings. The minimum Gasteiger partial charge on any atom is -0.486 e. The first kappa shape index (κ1) is 13.7. The van der Waals surface area contributed by atoms with Gasteiger partial charge >= 0.3 is 0 Å². The van der Waals surface area contributed by atoms with Crippen molar-refractivity contribution in [1.82, 2.24) is 9.97 Å². The van der Waals surface area contributed by atoms with E-state index >= 15 is 0 Å². The molecule has 1 aromatic heterocycles. The molecule has 0 aliphatic carbocycles. The van der Waals surface area contributed by atoms with Crippen molar-refractivity contribution < 1.29 is 9.47 Å². The first-order valence-electron chi connectivity index (χ1n) is 7.09. The number of para-hydroxylation sites is 2. The van der Waals surface area contributed by atoms with Crippen LogP contribution in [0.4, 0.5) is 5.82 Å². The fourth-order valence-corrected chi connectivity index (χ4v) is 2.28. The van der Waals surface area contributed by atoms with E-state index in [1.54, 1.807) is 6.33 Å². The standard InChI is InChI=1S/C16H19N3O2/c1-19(2)16-9-12(17-11-18-16)7-8-13-10-20-14-5-3-4-6-15(14)21-13/h3-6,9,11,13H,7-8,10H2,1-2H3/t13-/m1/s1. The Kier molecular flexibility index (Phi) is 3.90. The number of ether oxygens (including phenoxy) is 2. The van der Waals surface area contributed by atoms with Gasteiger partial charge in [-0.15, -0.1) is 0 Å². The van der Waals surface area contributed by atoms with Crippen molar-refractivity contribution in [2.75, 3.05) is 25.6 Å². The van der Waals surface area contributed by atoms with E-state index in [-0.39, 0.29) is 6.10 Å². The number of fused-ring (bicyclic) bond motifs is 1. The van der Waals surface area contributed by atoms with Crippen molar-refractivity contribution >= 4 is 5.82 Å². The van der Waals surface area contributed by atoms with E-state index in [0.717, 1.165) is 35.9 Å². The summed E-state index contributed by atoms with van der Waals surface area (Å²) in [6, 6.07) is 9.79. The number of nitrogens with zero attached hydrogens (tertiary/aromatic N) is 3. The lowest BCUT2D eigenvalue weighted by Gasteiger charge is -2.26. The van der Waals surface area contributed by atoms with E-state index in [1.807, 2.05) is 49.3 Å². The van der Waals surface area contributed by atoms with E-state index in [4.69, 9.17) is 9.47 Å². The highest BCUT2D eigenvalue weighted by Gasteiger charge is 2.20. The highest BCUT2D eigenvalue weighted by molar-refractivity contribution is 5.40. The summed E-state index contributed by atoms with van der Waals surface area (Å²) in [7, 11) is 3.95. The van der Waals surface area contributed by atoms with Crippen molar-refractivity contribution in [2.24, 2.45) is 0 Å². The van der Waals surface area contributed by atoms with Crippen molar-refractivity contribution in [3.63, 3.8) is 0 Å². The Morgan fingerprint density at radius 2 is 2.00 bits per heavy atom. The molecule has 0 radical (unpaired) electrons. The summed E-state index contributed by atoms with van der Waals surface area (Å²) in [6.45, 7) is 0.586. The van der Waals surface area contributed by atoms with Crippen LogP contribution >= 0.6 is 0 Å². The molecule has 0 saturated heterocycles. The summed E-state index contributed by atoms with van der Waals surface area (Å²) in [4.78, 5) is 10.5. The molecule has 5 nitrogen and oxygen atoms in total. The summed E-state index contributed by atoms with van der Waals surface area (Å²) in [6.07, 6.45) is 3.40. The quantitative estimate of drug-likeness (QED) is 0.862. The number of hydrogen-bond donors (Lipinski definition) is 0. The maximum Gasteiger partial charge on any atom is 0.161 e. The molecule has 110 valence electrons. The smallest absolute Gasteiger partial charge is 0.161 e. The van der Waals surface area contributed by atoms with E-state index in [1.165, 1.54) is 0 Å².